The number of carbonyl (C=O) groups excluding carboxylic acids is 9. The van der Waals surface area contributed by atoms with E-state index in [4.69, 9.17) is 28.8 Å². The van der Waals surface area contributed by atoms with Crippen molar-refractivity contribution in [2.75, 3.05) is 39.2 Å². The number of aliphatic hydroxyl groups excluding tert-OH is 1. The molecule has 442 valence electrons. The average molecular weight is 1190 g/mol. The monoisotopic (exact) mass is 1190 g/mol. The lowest BCUT2D eigenvalue weighted by Gasteiger charge is -2.33. The van der Waals surface area contributed by atoms with E-state index in [1.165, 1.54) is 81.7 Å². The predicted octanol–water partition coefficient (Wildman–Crippen LogP) is 0.177. The highest BCUT2D eigenvalue weighted by Crippen LogP contribution is 2.26. The number of nitrogens with zero attached hydrogens (tertiary/aromatic N) is 2. The van der Waals surface area contributed by atoms with Crippen LogP contribution < -0.4 is 49.1 Å². The first-order chi connectivity index (χ1) is 39.0. The Balaban J connectivity index is 1.63. The van der Waals surface area contributed by atoms with E-state index in [1.807, 2.05) is 0 Å². The number of amides is 9. The van der Waals surface area contributed by atoms with Gasteiger partial charge in [0, 0.05) is 55.4 Å². The number of carbonyl (C=O) groups is 9. The summed E-state index contributed by atoms with van der Waals surface area (Å²) in [5.41, 5.74) is 19.5. The van der Waals surface area contributed by atoms with Crippen molar-refractivity contribution in [2.24, 2.45) is 17.2 Å². The maximum absolute atomic E-state index is 15.2. The van der Waals surface area contributed by atoms with Crippen LogP contribution in [0.15, 0.2) is 97.1 Å². The zero-order valence-electron chi connectivity index (χ0n) is 45.8. The van der Waals surface area contributed by atoms with Crippen molar-refractivity contribution >= 4 is 86.4 Å². The molecule has 5 rings (SSSR count). The Morgan fingerprint density at radius 1 is 0.720 bits per heavy atom. The topological polar surface area (TPSA) is 371 Å². The summed E-state index contributed by atoms with van der Waals surface area (Å²) in [5, 5.41) is 48.1. The van der Waals surface area contributed by atoms with Gasteiger partial charge in [-0.05, 0) is 117 Å². The van der Waals surface area contributed by atoms with Gasteiger partial charge in [-0.2, -0.15) is 0 Å². The first-order valence-corrected chi connectivity index (χ1v) is 29.2. The van der Waals surface area contributed by atoms with Gasteiger partial charge in [0.25, 0.3) is 0 Å². The van der Waals surface area contributed by atoms with Gasteiger partial charge in [0.15, 0.2) is 0 Å². The van der Waals surface area contributed by atoms with Crippen LogP contribution in [0.3, 0.4) is 0 Å². The van der Waals surface area contributed by atoms with Crippen molar-refractivity contribution in [2.45, 2.75) is 106 Å². The lowest BCUT2D eigenvalue weighted by Crippen LogP contribution is -2.62. The van der Waals surface area contributed by atoms with Crippen LogP contribution in [0.4, 0.5) is 0 Å². The van der Waals surface area contributed by atoms with E-state index < -0.39 is 108 Å². The second kappa shape index (κ2) is 31.7. The molecule has 1 saturated heterocycles. The van der Waals surface area contributed by atoms with Gasteiger partial charge in [-0.15, -0.1) is 0 Å². The summed E-state index contributed by atoms with van der Waals surface area (Å²) in [6.45, 7) is 1.44. The number of likely N-dealkylation sites (N-methyl/N-ethyl adjacent to an activating group) is 3. The number of halogens is 1. The van der Waals surface area contributed by atoms with E-state index in [0.29, 0.717) is 28.1 Å². The normalized spacial score (nSPS) is 20.9. The van der Waals surface area contributed by atoms with E-state index in [9.17, 15) is 48.9 Å². The summed E-state index contributed by atoms with van der Waals surface area (Å²) in [6, 6.07) is 13.2. The molecule has 1 aliphatic heterocycles. The van der Waals surface area contributed by atoms with Crippen LogP contribution in [-0.4, -0.2) is 172 Å². The second-order valence-corrected chi connectivity index (χ2v) is 22.8. The van der Waals surface area contributed by atoms with Crippen molar-refractivity contribution in [3.63, 3.8) is 0 Å². The number of benzene rings is 4. The molecular formula is C56H72ClN11O12S2. The minimum absolute atomic E-state index is 0.0441. The van der Waals surface area contributed by atoms with Gasteiger partial charge >= 0.3 is 0 Å². The number of aromatic hydroxyl groups is 2. The molecule has 4 aromatic carbocycles. The molecule has 1 heterocycles. The lowest BCUT2D eigenvalue weighted by molar-refractivity contribution is -0.142. The molecule has 0 aromatic heterocycles. The van der Waals surface area contributed by atoms with Crippen molar-refractivity contribution in [3.05, 3.63) is 130 Å². The summed E-state index contributed by atoms with van der Waals surface area (Å²) >= 11 is 6.14. The third-order valence-electron chi connectivity index (χ3n) is 13.7. The average Bonchev–Trinajstić information content (AvgIpc) is 3.48. The van der Waals surface area contributed by atoms with E-state index in [2.05, 4.69) is 31.9 Å². The fourth-order valence-electron chi connectivity index (χ4n) is 8.85. The van der Waals surface area contributed by atoms with E-state index in [-0.39, 0.29) is 73.6 Å². The number of nitrogens with one attached hydrogen (secondary N) is 6. The standard InChI is InChI=1S/C56H72ClN11O12S2/c1-31(69)47-54(78)65-44(55(79)67(3)45(49(60)73)27-34-12-20-38(70)21-13-34)30-82-81-29-43(64-51(75)41(61-2)25-33-10-18-37(57)19-11-33)56(80)68(4)46(28-35-14-22-39(71)23-15-35)53(77)63-42(26-32-8-16-36(17-9-32)48(59)72)52(76)62-40(50(74)66-47)7-5-6-24-58/h8-23,31,40-47,61,69-71H,5-7,24-30,58H2,1-4H3,(H2,59,72)(H2,60,73)(H,62,76)(H,63,77)(H,64,75)(H,65,78)(H,66,74)/t31-,40+,41+,42-,43-,44+,45-,46+,47+/m1/s1. The molecule has 1 aliphatic rings. The van der Waals surface area contributed by atoms with Gasteiger partial charge in [0.2, 0.25) is 53.2 Å². The SMILES string of the molecule is CN[C@@H](Cc1ccc(Cl)cc1)C(=O)N[C@@H]1CSSC[C@@H](C(=O)N(C)[C@H](Cc2ccc(O)cc2)C(N)=O)NC(=O)[C@H]([C@@H](C)O)NC(=O)[C@H](CCCCN)NC(=O)[C@@H](Cc2ccc(C(N)=O)cc2)NC(=O)[C@H](Cc2ccc(O)cc2)N(C)C1=O. The van der Waals surface area contributed by atoms with Crippen molar-refractivity contribution in [3.8, 4) is 11.5 Å². The maximum atomic E-state index is 15.2. The van der Waals surface area contributed by atoms with Gasteiger partial charge in [-0.1, -0.05) is 81.7 Å². The fourth-order valence-corrected chi connectivity index (χ4v) is 11.3. The van der Waals surface area contributed by atoms with Crippen LogP contribution in [0.2, 0.25) is 5.02 Å². The van der Waals surface area contributed by atoms with Crippen LogP contribution >= 0.6 is 33.2 Å². The molecule has 0 spiro atoms. The van der Waals surface area contributed by atoms with Crippen LogP contribution in [0.5, 0.6) is 11.5 Å². The van der Waals surface area contributed by atoms with E-state index >= 15 is 9.59 Å². The summed E-state index contributed by atoms with van der Waals surface area (Å²) in [6.07, 6.45) is -1.33. The Labute approximate surface area is 488 Å². The number of hydrogen-bond acceptors (Lipinski definition) is 16. The maximum Gasteiger partial charge on any atom is 0.248 e. The van der Waals surface area contributed by atoms with E-state index in [1.54, 1.807) is 43.4 Å². The van der Waals surface area contributed by atoms with Gasteiger partial charge in [-0.3, -0.25) is 43.2 Å². The number of aliphatic hydroxyl groups is 1. The highest BCUT2D eigenvalue weighted by atomic mass is 35.5. The number of nitrogens with two attached hydrogens (primary N) is 3. The van der Waals surface area contributed by atoms with Crippen LogP contribution in [0.1, 0.15) is 58.8 Å². The Morgan fingerprint density at radius 3 is 1.83 bits per heavy atom. The minimum Gasteiger partial charge on any atom is -0.508 e. The molecule has 23 nitrogen and oxygen atoms in total. The number of hydrogen-bond donors (Lipinski definition) is 12. The van der Waals surface area contributed by atoms with Crippen LogP contribution in [0.25, 0.3) is 0 Å². The number of unbranched alkanes of at least 4 members (excludes halogenated alkanes) is 1. The molecule has 15 N–H and O–H groups in total. The second-order valence-electron chi connectivity index (χ2n) is 19.8. The smallest absolute Gasteiger partial charge is 0.248 e. The third-order valence-corrected chi connectivity index (χ3v) is 16.4. The van der Waals surface area contributed by atoms with Crippen molar-refractivity contribution in [1.29, 1.82) is 0 Å². The summed E-state index contributed by atoms with van der Waals surface area (Å²) < 4.78 is 0. The molecule has 0 bridgehead atoms. The molecule has 1 fully saturated rings. The lowest BCUT2D eigenvalue weighted by atomic mass is 9.99. The molecule has 0 saturated carbocycles. The third kappa shape index (κ3) is 19.4. The van der Waals surface area contributed by atoms with Gasteiger partial charge in [0.05, 0.1) is 12.1 Å². The number of primary amides is 2. The fraction of sp³-hybridized carbons (Fsp3) is 0.411. The molecular weight excluding hydrogens is 1120 g/mol. The molecule has 0 unspecified atom stereocenters. The summed E-state index contributed by atoms with van der Waals surface area (Å²) in [4.78, 5) is 130. The molecule has 4 aromatic rings. The largest absolute Gasteiger partial charge is 0.508 e. The highest BCUT2D eigenvalue weighted by molar-refractivity contribution is 8.76. The Kier molecular flexibility index (Phi) is 25.3. The van der Waals surface area contributed by atoms with Gasteiger partial charge in [-0.25, -0.2) is 0 Å². The number of phenolic OH excluding ortho intramolecular Hbond substituents is 2. The Hall–Kier alpha value is -7.42. The summed E-state index contributed by atoms with van der Waals surface area (Å²) in [5.74, 6) is -8.16. The van der Waals surface area contributed by atoms with Crippen LogP contribution in [0, 0.1) is 0 Å². The minimum atomic E-state index is -1.75. The quantitative estimate of drug-likeness (QED) is 0.0415. The Bertz CT molecular complexity index is 2850. The van der Waals surface area contributed by atoms with Gasteiger partial charge in [0.1, 0.15) is 53.8 Å². The Morgan fingerprint density at radius 2 is 1.26 bits per heavy atom. The summed E-state index contributed by atoms with van der Waals surface area (Å²) in [7, 11) is 6.22. The van der Waals surface area contributed by atoms with E-state index in [0.717, 1.165) is 37.0 Å². The number of rotatable bonds is 20. The zero-order valence-corrected chi connectivity index (χ0v) is 48.2. The molecule has 0 radical (unpaired) electrons. The number of phenols is 2. The first-order valence-electron chi connectivity index (χ1n) is 26.3. The molecule has 82 heavy (non-hydrogen) atoms. The predicted molar refractivity (Wildman–Crippen MR) is 312 cm³/mol. The molecule has 9 amide bonds. The molecule has 9 atom stereocenters. The van der Waals surface area contributed by atoms with Gasteiger partial charge < -0.3 is 74.2 Å². The molecule has 26 heteroatoms. The zero-order chi connectivity index (χ0) is 60.2. The molecule has 0 aliphatic carbocycles. The van der Waals surface area contributed by atoms with Crippen LogP contribution in [-0.2, 0) is 64.0 Å². The van der Waals surface area contributed by atoms with Crippen molar-refractivity contribution in [1.82, 2.24) is 41.7 Å². The first kappa shape index (κ1) is 65.4. The highest BCUT2D eigenvalue weighted by Gasteiger charge is 2.39. The van der Waals surface area contributed by atoms with Crippen molar-refractivity contribution < 1.29 is 58.5 Å².